The van der Waals surface area contributed by atoms with Gasteiger partial charge >= 0.3 is 0 Å². The van der Waals surface area contributed by atoms with Crippen molar-refractivity contribution in [1.82, 2.24) is 19.8 Å². The van der Waals surface area contributed by atoms with Crippen LogP contribution in [0.5, 0.6) is 5.75 Å². The number of hydrogen-bond acceptors (Lipinski definition) is 7. The highest BCUT2D eigenvalue weighted by Crippen LogP contribution is 2.30. The fourth-order valence-electron chi connectivity index (χ4n) is 4.88. The van der Waals surface area contributed by atoms with Crippen molar-refractivity contribution in [2.45, 2.75) is 25.6 Å². The Morgan fingerprint density at radius 2 is 2.03 bits per heavy atom. The number of amides is 1. The Bertz CT molecular complexity index is 1350. The molecule has 2 aliphatic heterocycles. The lowest BCUT2D eigenvalue weighted by Crippen LogP contribution is -2.47. The van der Waals surface area contributed by atoms with Crippen LogP contribution in [-0.2, 0) is 17.9 Å². The first kappa shape index (κ1) is 24.6. The van der Waals surface area contributed by atoms with E-state index in [2.05, 4.69) is 20.5 Å². The molecule has 2 aliphatic rings. The van der Waals surface area contributed by atoms with Crippen LogP contribution in [0.2, 0.25) is 5.02 Å². The minimum Gasteiger partial charge on any atom is -0.480 e. The van der Waals surface area contributed by atoms with Gasteiger partial charge in [0.1, 0.15) is 5.82 Å². The Kier molecular flexibility index (Phi) is 7.20. The number of rotatable bonds is 7. The smallest absolute Gasteiger partial charge is 0.263 e. The molecule has 0 spiro atoms. The number of β-amino-alcohol motifs (C(OH)–C–C–N with tert-alkyl or cyclic N) is 1. The lowest BCUT2D eigenvalue weighted by molar-refractivity contribution is -0.118. The summed E-state index contributed by atoms with van der Waals surface area (Å²) in [6.45, 7) is 3.18. The maximum atomic E-state index is 13.8. The van der Waals surface area contributed by atoms with Gasteiger partial charge in [-0.2, -0.15) is 0 Å². The fraction of sp³-hybridized carbons (Fsp3) is 0.400. The van der Waals surface area contributed by atoms with Crippen molar-refractivity contribution in [3.63, 3.8) is 0 Å². The van der Waals surface area contributed by atoms with Crippen molar-refractivity contribution in [2.75, 3.05) is 38.1 Å². The van der Waals surface area contributed by atoms with Crippen molar-refractivity contribution in [3.8, 4) is 5.75 Å². The van der Waals surface area contributed by atoms with Crippen molar-refractivity contribution in [1.29, 1.82) is 0 Å². The number of nitrogens with one attached hydrogen (secondary N) is 2. The zero-order chi connectivity index (χ0) is 25.2. The van der Waals surface area contributed by atoms with Gasteiger partial charge in [-0.3, -0.25) is 14.5 Å². The molecule has 36 heavy (non-hydrogen) atoms. The summed E-state index contributed by atoms with van der Waals surface area (Å²) in [5.74, 6) is 0.334. The van der Waals surface area contributed by atoms with Crippen LogP contribution in [0.15, 0.2) is 41.2 Å². The van der Waals surface area contributed by atoms with E-state index in [1.54, 1.807) is 22.8 Å². The number of aliphatic hydroxyl groups excluding tert-OH is 1. The van der Waals surface area contributed by atoms with Crippen molar-refractivity contribution in [3.05, 3.63) is 63.3 Å². The van der Waals surface area contributed by atoms with E-state index in [1.807, 2.05) is 0 Å². The van der Waals surface area contributed by atoms with Crippen LogP contribution in [0.1, 0.15) is 12.1 Å². The molecule has 190 valence electrons. The van der Waals surface area contributed by atoms with Gasteiger partial charge in [0.05, 0.1) is 22.3 Å². The van der Waals surface area contributed by atoms with E-state index in [0.29, 0.717) is 66.9 Å². The number of benzene rings is 1. The molecule has 5 rings (SSSR count). The molecular weight excluding hydrogens is 489 g/mol. The fourth-order valence-corrected chi connectivity index (χ4v) is 5.08. The number of ether oxygens (including phenoxy) is 1. The number of piperidine rings is 1. The number of hydrogen-bond donors (Lipinski definition) is 3. The average Bonchev–Trinajstić information content (AvgIpc) is 2.83. The molecule has 0 radical (unpaired) electrons. The Labute approximate surface area is 211 Å². The monoisotopic (exact) mass is 515 g/mol. The second-order valence-corrected chi connectivity index (χ2v) is 9.68. The van der Waals surface area contributed by atoms with Gasteiger partial charge in [-0.1, -0.05) is 11.6 Å². The van der Waals surface area contributed by atoms with E-state index in [1.165, 1.54) is 18.2 Å². The van der Waals surface area contributed by atoms with Gasteiger partial charge in [0.2, 0.25) is 0 Å². The maximum absolute atomic E-state index is 13.8. The number of carbonyl (C=O) groups is 1. The van der Waals surface area contributed by atoms with Crippen molar-refractivity contribution in [2.24, 2.45) is 5.92 Å². The van der Waals surface area contributed by atoms with Crippen LogP contribution in [0, 0.1) is 11.7 Å². The summed E-state index contributed by atoms with van der Waals surface area (Å²) in [5.41, 5.74) is 0.978. The van der Waals surface area contributed by atoms with E-state index in [-0.39, 0.29) is 29.8 Å². The second kappa shape index (κ2) is 10.5. The topological polar surface area (TPSA) is 109 Å². The number of nitrogens with zero attached hydrogens (tertiary/aromatic N) is 3. The molecule has 0 unspecified atom stereocenters. The third kappa shape index (κ3) is 5.52. The minimum atomic E-state index is -0.481. The van der Waals surface area contributed by atoms with Crippen LogP contribution in [0.3, 0.4) is 0 Å². The molecule has 1 saturated heterocycles. The maximum Gasteiger partial charge on any atom is 0.263 e. The number of anilines is 1. The lowest BCUT2D eigenvalue weighted by Gasteiger charge is -2.36. The molecule has 0 saturated carbocycles. The van der Waals surface area contributed by atoms with E-state index < -0.39 is 6.10 Å². The predicted octanol–water partition coefficient (Wildman–Crippen LogP) is 1.99. The Hall–Kier alpha value is -3.05. The quantitative estimate of drug-likeness (QED) is 0.441. The summed E-state index contributed by atoms with van der Waals surface area (Å²) in [6.07, 6.45) is 0.170. The van der Waals surface area contributed by atoms with Gasteiger partial charge in [-0.15, -0.1) is 0 Å². The Morgan fingerprint density at radius 3 is 2.89 bits per heavy atom. The molecule has 2 atom stereocenters. The zero-order valence-corrected chi connectivity index (χ0v) is 20.3. The normalized spacial score (nSPS) is 20.1. The highest BCUT2D eigenvalue weighted by atomic mass is 35.5. The average molecular weight is 516 g/mol. The second-order valence-electron chi connectivity index (χ2n) is 9.27. The van der Waals surface area contributed by atoms with Gasteiger partial charge in [0.25, 0.3) is 11.5 Å². The summed E-state index contributed by atoms with van der Waals surface area (Å²) in [5, 5.41) is 17.7. The number of aliphatic hydroxyl groups is 1. The largest absolute Gasteiger partial charge is 0.480 e. The highest BCUT2D eigenvalue weighted by molar-refractivity contribution is 6.31. The summed E-state index contributed by atoms with van der Waals surface area (Å²) >= 11 is 6.33. The summed E-state index contributed by atoms with van der Waals surface area (Å²) in [4.78, 5) is 30.6. The molecule has 2 aromatic heterocycles. The van der Waals surface area contributed by atoms with Crippen LogP contribution >= 0.6 is 11.6 Å². The number of fused-ring (bicyclic) bond motifs is 2. The molecule has 1 fully saturated rings. The van der Waals surface area contributed by atoms with E-state index in [4.69, 9.17) is 16.3 Å². The summed E-state index contributed by atoms with van der Waals surface area (Å²) < 4.78 is 20.7. The third-order valence-corrected chi connectivity index (χ3v) is 6.87. The molecule has 1 aromatic carbocycles. The van der Waals surface area contributed by atoms with Crippen molar-refractivity contribution >= 4 is 34.2 Å². The van der Waals surface area contributed by atoms with Gasteiger partial charge in [0, 0.05) is 44.9 Å². The number of halogens is 2. The zero-order valence-electron chi connectivity index (χ0n) is 19.5. The minimum absolute atomic E-state index is 0.0604. The van der Waals surface area contributed by atoms with Gasteiger partial charge < -0.3 is 25.0 Å². The third-order valence-electron chi connectivity index (χ3n) is 6.54. The predicted molar refractivity (Wildman–Crippen MR) is 134 cm³/mol. The molecule has 9 nitrogen and oxygen atoms in total. The van der Waals surface area contributed by atoms with Gasteiger partial charge in [0.15, 0.2) is 18.2 Å². The van der Waals surface area contributed by atoms with E-state index >= 15 is 0 Å². The molecule has 11 heteroatoms. The molecule has 0 aliphatic carbocycles. The molecule has 3 aromatic rings. The van der Waals surface area contributed by atoms with E-state index in [9.17, 15) is 19.1 Å². The standard InChI is InChI=1S/C25H27ClFN5O4/c26-19-9-22-25(30-23(34)14-36-22)29-20(19)11-28-10-15-7-18(33)13-31(12-15)5-6-32-21-8-17(27)3-1-16(21)2-4-24(32)35/h1-4,8-9,15,18,28,33H,5-7,10-14H2,(H,29,30,34)/t15-,18-/m0/s1. The van der Waals surface area contributed by atoms with Gasteiger partial charge in [-0.05, 0) is 48.5 Å². The number of aromatic nitrogens is 2. The molecule has 0 bridgehead atoms. The molecule has 3 N–H and O–H groups in total. The first-order valence-electron chi connectivity index (χ1n) is 11.9. The van der Waals surface area contributed by atoms with Crippen LogP contribution in [0.4, 0.5) is 10.2 Å². The SMILES string of the molecule is O=C1COc2cc(Cl)c(CNC[C@@H]3C[C@H](O)CN(CCn4c(=O)ccc5ccc(F)cc54)C3)nc2N1. The van der Waals surface area contributed by atoms with E-state index in [0.717, 1.165) is 11.9 Å². The molecule has 4 heterocycles. The Morgan fingerprint density at radius 1 is 1.19 bits per heavy atom. The van der Waals surface area contributed by atoms with Crippen LogP contribution < -0.4 is 20.9 Å². The summed E-state index contributed by atoms with van der Waals surface area (Å²) in [7, 11) is 0. The number of pyridine rings is 2. The lowest BCUT2D eigenvalue weighted by atomic mass is 9.96. The molecular formula is C25H27ClFN5O4. The first-order chi connectivity index (χ1) is 17.4. The van der Waals surface area contributed by atoms with Crippen LogP contribution in [-0.4, -0.2) is 64.4 Å². The number of likely N-dealkylation sites (tertiary alicyclic amines) is 1. The molecule has 1 amide bonds. The number of carbonyl (C=O) groups excluding carboxylic acids is 1. The summed E-state index contributed by atoms with van der Waals surface area (Å²) in [6, 6.07) is 9.27. The highest BCUT2D eigenvalue weighted by Gasteiger charge is 2.26. The van der Waals surface area contributed by atoms with Gasteiger partial charge in [-0.25, -0.2) is 9.37 Å². The van der Waals surface area contributed by atoms with Crippen molar-refractivity contribution < 1.29 is 19.0 Å². The Balaban J connectivity index is 1.19. The first-order valence-corrected chi connectivity index (χ1v) is 12.3. The van der Waals surface area contributed by atoms with Crippen LogP contribution in [0.25, 0.3) is 10.9 Å².